The van der Waals surface area contributed by atoms with E-state index in [1.807, 2.05) is 17.5 Å². The predicted molar refractivity (Wildman–Crippen MR) is 133 cm³/mol. The van der Waals surface area contributed by atoms with Gasteiger partial charge in [0.15, 0.2) is 11.4 Å². The Morgan fingerprint density at radius 2 is 1.81 bits per heavy atom. The first kappa shape index (κ1) is 25.2. The van der Waals surface area contributed by atoms with Crippen LogP contribution in [-0.4, -0.2) is 79.7 Å². The third kappa shape index (κ3) is 3.11. The number of ketones is 2. The van der Waals surface area contributed by atoms with Crippen molar-refractivity contribution in [3.05, 3.63) is 63.4 Å². The van der Waals surface area contributed by atoms with Crippen LogP contribution in [0, 0.1) is 11.8 Å². The Kier molecular flexibility index (Phi) is 5.61. The van der Waals surface area contributed by atoms with Crippen molar-refractivity contribution in [2.24, 2.45) is 17.6 Å². The second-order valence-corrected chi connectivity index (χ2v) is 10.9. The number of thiophene rings is 1. The molecule has 0 saturated heterocycles. The summed E-state index contributed by atoms with van der Waals surface area (Å²) in [5.41, 5.74) is 2.07. The summed E-state index contributed by atoms with van der Waals surface area (Å²) in [5, 5.41) is 58.3. The van der Waals surface area contributed by atoms with Crippen molar-refractivity contribution in [2.45, 2.75) is 30.6 Å². The molecule has 3 aliphatic rings. The first-order valence-corrected chi connectivity index (χ1v) is 12.5. The highest BCUT2D eigenvalue weighted by Crippen LogP contribution is 2.56. The maximum Gasteiger partial charge on any atom is 0.255 e. The van der Waals surface area contributed by atoms with Gasteiger partial charge in [-0.3, -0.25) is 19.3 Å². The van der Waals surface area contributed by atoms with Gasteiger partial charge in [-0.05, 0) is 54.7 Å². The molecule has 6 unspecified atom stereocenters. The molecular formula is C26H26N2O8S. The topological polar surface area (TPSA) is 182 Å². The number of carbonyl (C=O) groups is 3. The van der Waals surface area contributed by atoms with Crippen LogP contribution in [0.15, 0.2) is 52.3 Å². The van der Waals surface area contributed by atoms with E-state index in [9.17, 15) is 39.9 Å². The third-order valence-electron chi connectivity index (χ3n) is 7.90. The van der Waals surface area contributed by atoms with Crippen LogP contribution >= 0.6 is 11.3 Å². The number of phenolic OH excluding ortho intramolecular Hbond substituents is 1. The summed E-state index contributed by atoms with van der Waals surface area (Å²) in [6.07, 6.45) is -1.63. The molecule has 7 N–H and O–H groups in total. The summed E-state index contributed by atoms with van der Waals surface area (Å²) in [4.78, 5) is 41.5. The molecule has 1 amide bonds. The highest BCUT2D eigenvalue weighted by molar-refractivity contribution is 7.13. The fourth-order valence-corrected chi connectivity index (χ4v) is 7.12. The number of aliphatic hydroxyl groups excluding tert-OH is 3. The van der Waals surface area contributed by atoms with Crippen molar-refractivity contribution in [2.75, 3.05) is 14.1 Å². The Morgan fingerprint density at radius 1 is 1.14 bits per heavy atom. The molecule has 0 fully saturated rings. The van der Waals surface area contributed by atoms with Crippen LogP contribution in [0.2, 0.25) is 0 Å². The molecule has 37 heavy (non-hydrogen) atoms. The van der Waals surface area contributed by atoms with Crippen molar-refractivity contribution >= 4 is 28.8 Å². The number of likely N-dealkylation sites (N-methyl/N-ethyl adjacent to an activating group) is 1. The van der Waals surface area contributed by atoms with E-state index in [1.165, 1.54) is 36.4 Å². The fourth-order valence-electron chi connectivity index (χ4n) is 6.35. The van der Waals surface area contributed by atoms with Crippen molar-refractivity contribution in [3.63, 3.8) is 0 Å². The molecule has 2 aromatic rings. The number of amides is 1. The summed E-state index contributed by atoms with van der Waals surface area (Å²) in [6.45, 7) is 1.72. The number of nitrogens with two attached hydrogens (primary N) is 1. The van der Waals surface area contributed by atoms with Gasteiger partial charge in [0.2, 0.25) is 5.78 Å². The zero-order valence-corrected chi connectivity index (χ0v) is 21.0. The standard InChI is InChI=1S/C26H26N2O8S/c1-9-13-10(12-5-4-8-37-12)6-7-11(29)15(13)20(30)16-14(9)21(31)18-19(28(2)3)22(32)17(25(27)35)24(34)26(18,36)23(16)33/h4-9,14,18-19,21,29,31-33,36H,1-3H3,(H2,27,35). The van der Waals surface area contributed by atoms with E-state index in [0.717, 1.165) is 4.88 Å². The molecule has 1 aromatic carbocycles. The van der Waals surface area contributed by atoms with Crippen LogP contribution in [-0.2, 0) is 9.59 Å². The second kappa shape index (κ2) is 8.25. The zero-order valence-electron chi connectivity index (χ0n) is 20.2. The molecule has 10 nitrogen and oxygen atoms in total. The van der Waals surface area contributed by atoms with Crippen LogP contribution in [0.3, 0.4) is 0 Å². The van der Waals surface area contributed by atoms with Gasteiger partial charge in [0.25, 0.3) is 5.91 Å². The second-order valence-electron chi connectivity index (χ2n) is 9.95. The number of aliphatic hydroxyl groups is 4. The smallest absolute Gasteiger partial charge is 0.255 e. The first-order valence-electron chi connectivity index (χ1n) is 11.6. The minimum atomic E-state index is -2.93. The number of benzene rings is 1. The van der Waals surface area contributed by atoms with Gasteiger partial charge < -0.3 is 31.3 Å². The first-order chi connectivity index (χ1) is 17.3. The molecule has 5 rings (SSSR count). The number of rotatable bonds is 3. The van der Waals surface area contributed by atoms with Crippen LogP contribution in [0.1, 0.15) is 28.8 Å². The van der Waals surface area contributed by atoms with Gasteiger partial charge in [-0.2, -0.15) is 0 Å². The van der Waals surface area contributed by atoms with Gasteiger partial charge in [-0.1, -0.05) is 13.0 Å². The lowest BCUT2D eigenvalue weighted by Gasteiger charge is -2.53. The summed E-state index contributed by atoms with van der Waals surface area (Å²) in [7, 11) is 2.99. The lowest BCUT2D eigenvalue weighted by atomic mass is 9.55. The van der Waals surface area contributed by atoms with Gasteiger partial charge in [-0.15, -0.1) is 11.3 Å². The maximum atomic E-state index is 13.8. The third-order valence-corrected chi connectivity index (χ3v) is 8.80. The number of nitrogens with zero attached hydrogens (tertiary/aromatic N) is 1. The van der Waals surface area contributed by atoms with E-state index in [4.69, 9.17) is 5.73 Å². The van der Waals surface area contributed by atoms with Gasteiger partial charge in [-0.25, -0.2) is 0 Å². The van der Waals surface area contributed by atoms with Crippen molar-refractivity contribution in [1.29, 1.82) is 0 Å². The van der Waals surface area contributed by atoms with Crippen LogP contribution < -0.4 is 5.73 Å². The Hall–Kier alpha value is -3.51. The fraction of sp³-hybridized carbons (Fsp3) is 0.346. The van der Waals surface area contributed by atoms with Crippen LogP contribution in [0.25, 0.3) is 10.4 Å². The number of aromatic hydroxyl groups is 1. The van der Waals surface area contributed by atoms with E-state index >= 15 is 0 Å². The van der Waals surface area contributed by atoms with Crippen LogP contribution in [0.5, 0.6) is 5.75 Å². The average Bonchev–Trinajstić information content (AvgIpc) is 3.36. The van der Waals surface area contributed by atoms with Gasteiger partial charge in [0.1, 0.15) is 22.8 Å². The summed E-state index contributed by atoms with van der Waals surface area (Å²) in [6, 6.07) is 5.41. The van der Waals surface area contributed by atoms with Gasteiger partial charge in [0.05, 0.1) is 23.6 Å². The molecule has 3 aliphatic carbocycles. The number of carbonyl (C=O) groups excluding carboxylic acids is 3. The Morgan fingerprint density at radius 3 is 2.38 bits per heavy atom. The molecule has 0 bridgehead atoms. The summed E-state index contributed by atoms with van der Waals surface area (Å²) < 4.78 is 0. The minimum absolute atomic E-state index is 0.105. The van der Waals surface area contributed by atoms with E-state index in [2.05, 4.69) is 0 Å². The summed E-state index contributed by atoms with van der Waals surface area (Å²) >= 11 is 1.42. The number of phenols is 1. The lowest BCUT2D eigenvalue weighted by molar-refractivity contribution is -0.162. The van der Waals surface area contributed by atoms with Crippen LogP contribution in [0.4, 0.5) is 0 Å². The monoisotopic (exact) mass is 526 g/mol. The highest BCUT2D eigenvalue weighted by atomic mass is 32.1. The average molecular weight is 527 g/mol. The van der Waals surface area contributed by atoms with E-state index in [-0.39, 0.29) is 11.3 Å². The van der Waals surface area contributed by atoms with Gasteiger partial charge >= 0.3 is 0 Å². The number of Topliss-reactive ketones (excluding diaryl/α,β-unsaturated/α-hetero) is 2. The molecule has 0 saturated carbocycles. The molecular weight excluding hydrogens is 500 g/mol. The Labute approximate surface area is 215 Å². The quantitative estimate of drug-likeness (QED) is 0.322. The van der Waals surface area contributed by atoms with Crippen molar-refractivity contribution < 1.29 is 39.9 Å². The summed E-state index contributed by atoms with van der Waals surface area (Å²) in [5.74, 6) is -9.05. The van der Waals surface area contributed by atoms with Gasteiger partial charge in [0, 0.05) is 16.4 Å². The number of fused-ring (bicyclic) bond motifs is 3. The van der Waals surface area contributed by atoms with Crippen molar-refractivity contribution in [1.82, 2.24) is 4.90 Å². The maximum absolute atomic E-state index is 13.8. The molecule has 1 aromatic heterocycles. The van der Waals surface area contributed by atoms with Crippen molar-refractivity contribution in [3.8, 4) is 16.2 Å². The molecule has 1 heterocycles. The number of hydrogen-bond donors (Lipinski definition) is 6. The molecule has 6 atom stereocenters. The molecule has 0 radical (unpaired) electrons. The predicted octanol–water partition coefficient (Wildman–Crippen LogP) is 1.38. The molecule has 0 spiro atoms. The van der Waals surface area contributed by atoms with E-state index in [1.54, 1.807) is 13.0 Å². The molecule has 194 valence electrons. The SMILES string of the molecule is CC1c2c(-c3cccs3)ccc(O)c2C(=O)C2=C(O)C3(O)C(=O)C(C(N)=O)=C(O)C(N(C)C)C3C(O)C21. The normalized spacial score (nSPS) is 31.4. The Balaban J connectivity index is 1.82. The number of primary amides is 1. The zero-order chi connectivity index (χ0) is 27.1. The highest BCUT2D eigenvalue weighted by Gasteiger charge is 2.67. The minimum Gasteiger partial charge on any atom is -0.510 e. The molecule has 0 aliphatic heterocycles. The number of hydrogen-bond acceptors (Lipinski definition) is 10. The largest absolute Gasteiger partial charge is 0.510 e. The lowest BCUT2D eigenvalue weighted by Crippen LogP contribution is -2.68. The molecule has 11 heteroatoms. The van der Waals surface area contributed by atoms with E-state index in [0.29, 0.717) is 11.1 Å². The van der Waals surface area contributed by atoms with E-state index < -0.39 is 75.6 Å². The Bertz CT molecular complexity index is 1430.